The van der Waals surface area contributed by atoms with Crippen molar-refractivity contribution in [3.63, 3.8) is 0 Å². The fourth-order valence-corrected chi connectivity index (χ4v) is 1.76. The minimum Gasteiger partial charge on any atom is -0.365 e. The minimum absolute atomic E-state index is 0.549. The number of anilines is 1. The Labute approximate surface area is 108 Å². The van der Waals surface area contributed by atoms with Gasteiger partial charge in [-0.2, -0.15) is 4.39 Å². The zero-order valence-corrected chi connectivity index (χ0v) is 9.92. The summed E-state index contributed by atoms with van der Waals surface area (Å²) < 4.78 is 13.2. The van der Waals surface area contributed by atoms with Gasteiger partial charge in [-0.1, -0.05) is 6.07 Å². The number of hydrogen-bond acceptors (Lipinski definition) is 5. The van der Waals surface area contributed by atoms with Crippen molar-refractivity contribution in [2.45, 2.75) is 6.54 Å². The summed E-state index contributed by atoms with van der Waals surface area (Å²) in [7, 11) is 0. The van der Waals surface area contributed by atoms with E-state index in [1.165, 1.54) is 18.6 Å². The Morgan fingerprint density at radius 3 is 2.95 bits per heavy atom. The van der Waals surface area contributed by atoms with Crippen LogP contribution in [-0.2, 0) is 6.54 Å². The lowest BCUT2D eigenvalue weighted by Gasteiger charge is -2.07. The first-order chi connectivity index (χ1) is 9.33. The molecule has 0 aliphatic carbocycles. The number of fused-ring (bicyclic) bond motifs is 1. The average Bonchev–Trinajstić information content (AvgIpc) is 2.46. The molecule has 1 N–H and O–H groups in total. The number of nitrogens with zero attached hydrogens (tertiary/aromatic N) is 4. The Bertz CT molecular complexity index is 702. The molecule has 3 rings (SSSR count). The second-order valence-electron chi connectivity index (χ2n) is 3.96. The highest BCUT2D eigenvalue weighted by molar-refractivity contribution is 5.87. The largest absolute Gasteiger partial charge is 0.365 e. The highest BCUT2D eigenvalue weighted by Gasteiger charge is 2.05. The average molecular weight is 255 g/mol. The SMILES string of the molecule is Fc1cc2c(NCc3cccnc3)ncnc2cn1. The van der Waals surface area contributed by atoms with Crippen LogP contribution in [0.15, 0.2) is 43.1 Å². The summed E-state index contributed by atoms with van der Waals surface area (Å²) in [6.07, 6.45) is 6.29. The minimum atomic E-state index is -0.549. The normalized spacial score (nSPS) is 10.6. The summed E-state index contributed by atoms with van der Waals surface area (Å²) in [4.78, 5) is 15.8. The maximum atomic E-state index is 13.2. The van der Waals surface area contributed by atoms with E-state index < -0.39 is 5.95 Å². The summed E-state index contributed by atoms with van der Waals surface area (Å²) >= 11 is 0. The third-order valence-corrected chi connectivity index (χ3v) is 2.67. The van der Waals surface area contributed by atoms with Gasteiger partial charge in [-0.25, -0.2) is 15.0 Å². The molecule has 0 fully saturated rings. The predicted octanol–water partition coefficient (Wildman–Crippen LogP) is 2.17. The summed E-state index contributed by atoms with van der Waals surface area (Å²) in [5.74, 6) is 0.0295. The van der Waals surface area contributed by atoms with Crippen molar-refractivity contribution in [3.05, 3.63) is 54.6 Å². The first-order valence-corrected chi connectivity index (χ1v) is 5.72. The van der Waals surface area contributed by atoms with E-state index in [-0.39, 0.29) is 0 Å². The molecule has 6 heteroatoms. The lowest BCUT2D eigenvalue weighted by molar-refractivity contribution is 0.586. The van der Waals surface area contributed by atoms with Gasteiger partial charge in [0.2, 0.25) is 5.95 Å². The molecule has 0 aliphatic heterocycles. The van der Waals surface area contributed by atoms with Crippen LogP contribution in [0.1, 0.15) is 5.56 Å². The fraction of sp³-hybridized carbons (Fsp3) is 0.0769. The third-order valence-electron chi connectivity index (χ3n) is 2.67. The van der Waals surface area contributed by atoms with Crippen LogP contribution >= 0.6 is 0 Å². The van der Waals surface area contributed by atoms with Crippen molar-refractivity contribution in [3.8, 4) is 0 Å². The Balaban J connectivity index is 1.90. The highest BCUT2D eigenvalue weighted by atomic mass is 19.1. The van der Waals surface area contributed by atoms with E-state index in [4.69, 9.17) is 0 Å². The number of nitrogens with one attached hydrogen (secondary N) is 1. The molecule has 0 bridgehead atoms. The van der Waals surface area contributed by atoms with Crippen LogP contribution < -0.4 is 5.32 Å². The van der Waals surface area contributed by atoms with Gasteiger partial charge in [0.15, 0.2) is 0 Å². The van der Waals surface area contributed by atoms with Crippen LogP contribution in [0.5, 0.6) is 0 Å². The molecule has 0 unspecified atom stereocenters. The summed E-state index contributed by atoms with van der Waals surface area (Å²) in [5, 5.41) is 3.76. The zero-order valence-electron chi connectivity index (χ0n) is 9.92. The standard InChI is InChI=1S/C13H10FN5/c14-12-4-10-11(7-16-12)18-8-19-13(10)17-6-9-2-1-3-15-5-9/h1-5,7-8H,6H2,(H,17,18,19). The van der Waals surface area contributed by atoms with E-state index in [1.54, 1.807) is 12.4 Å². The smallest absolute Gasteiger partial charge is 0.213 e. The zero-order chi connectivity index (χ0) is 13.1. The molecule has 3 heterocycles. The molecular formula is C13H10FN5. The molecule has 3 aromatic rings. The van der Waals surface area contributed by atoms with Crippen molar-refractivity contribution in [1.82, 2.24) is 19.9 Å². The van der Waals surface area contributed by atoms with E-state index >= 15 is 0 Å². The maximum Gasteiger partial charge on any atom is 0.213 e. The monoisotopic (exact) mass is 255 g/mol. The summed E-state index contributed by atoms with van der Waals surface area (Å²) in [6.45, 7) is 0.559. The van der Waals surface area contributed by atoms with E-state index in [9.17, 15) is 4.39 Å². The van der Waals surface area contributed by atoms with Crippen LogP contribution in [0.2, 0.25) is 0 Å². The number of pyridine rings is 2. The molecule has 0 spiro atoms. The van der Waals surface area contributed by atoms with E-state index in [2.05, 4.69) is 25.3 Å². The third kappa shape index (κ3) is 2.47. The van der Waals surface area contributed by atoms with Gasteiger partial charge >= 0.3 is 0 Å². The first kappa shape index (κ1) is 11.5. The van der Waals surface area contributed by atoms with Gasteiger partial charge in [-0.05, 0) is 11.6 Å². The van der Waals surface area contributed by atoms with Crippen molar-refractivity contribution >= 4 is 16.7 Å². The molecule has 0 atom stereocenters. The molecular weight excluding hydrogens is 245 g/mol. The van der Waals surface area contributed by atoms with Gasteiger partial charge in [-0.3, -0.25) is 4.98 Å². The first-order valence-electron chi connectivity index (χ1n) is 5.72. The van der Waals surface area contributed by atoms with Crippen LogP contribution in [0, 0.1) is 5.95 Å². The number of rotatable bonds is 3. The van der Waals surface area contributed by atoms with Gasteiger partial charge in [-0.15, -0.1) is 0 Å². The number of hydrogen-bond donors (Lipinski definition) is 1. The van der Waals surface area contributed by atoms with Gasteiger partial charge in [0.05, 0.1) is 11.7 Å². The molecule has 0 aromatic carbocycles. The molecule has 0 radical (unpaired) electrons. The van der Waals surface area contributed by atoms with Crippen LogP contribution in [0.25, 0.3) is 10.9 Å². The second-order valence-corrected chi connectivity index (χ2v) is 3.96. The summed E-state index contributed by atoms with van der Waals surface area (Å²) in [5.41, 5.74) is 1.62. The molecule has 0 amide bonds. The number of aromatic nitrogens is 4. The Morgan fingerprint density at radius 2 is 2.11 bits per heavy atom. The van der Waals surface area contributed by atoms with Crippen molar-refractivity contribution in [2.75, 3.05) is 5.32 Å². The Morgan fingerprint density at radius 1 is 1.16 bits per heavy atom. The van der Waals surface area contributed by atoms with Gasteiger partial charge in [0, 0.05) is 30.4 Å². The number of halogens is 1. The van der Waals surface area contributed by atoms with Crippen molar-refractivity contribution in [2.24, 2.45) is 0 Å². The van der Waals surface area contributed by atoms with Gasteiger partial charge in [0.1, 0.15) is 12.1 Å². The fourth-order valence-electron chi connectivity index (χ4n) is 1.76. The lowest BCUT2D eigenvalue weighted by Crippen LogP contribution is -2.03. The van der Waals surface area contributed by atoms with Gasteiger partial charge in [0.25, 0.3) is 0 Å². The van der Waals surface area contributed by atoms with Crippen molar-refractivity contribution in [1.29, 1.82) is 0 Å². The quantitative estimate of drug-likeness (QED) is 0.727. The van der Waals surface area contributed by atoms with E-state index in [0.717, 1.165) is 5.56 Å². The lowest BCUT2D eigenvalue weighted by atomic mass is 10.2. The molecule has 0 saturated carbocycles. The molecule has 0 saturated heterocycles. The van der Waals surface area contributed by atoms with Crippen molar-refractivity contribution < 1.29 is 4.39 Å². The molecule has 3 aromatic heterocycles. The predicted molar refractivity (Wildman–Crippen MR) is 68.9 cm³/mol. The highest BCUT2D eigenvalue weighted by Crippen LogP contribution is 2.19. The Kier molecular flexibility index (Phi) is 2.97. The van der Waals surface area contributed by atoms with E-state index in [0.29, 0.717) is 23.3 Å². The van der Waals surface area contributed by atoms with Gasteiger partial charge < -0.3 is 5.32 Å². The molecule has 5 nitrogen and oxygen atoms in total. The topological polar surface area (TPSA) is 63.6 Å². The second kappa shape index (κ2) is 4.93. The summed E-state index contributed by atoms with van der Waals surface area (Å²) in [6, 6.07) is 5.13. The van der Waals surface area contributed by atoms with E-state index in [1.807, 2.05) is 12.1 Å². The molecule has 94 valence electrons. The van der Waals surface area contributed by atoms with Crippen LogP contribution in [0.3, 0.4) is 0 Å². The maximum absolute atomic E-state index is 13.2. The molecule has 19 heavy (non-hydrogen) atoms. The van der Waals surface area contributed by atoms with Crippen LogP contribution in [-0.4, -0.2) is 19.9 Å². The molecule has 0 aliphatic rings. The van der Waals surface area contributed by atoms with Crippen LogP contribution in [0.4, 0.5) is 10.2 Å². The Hall–Kier alpha value is -2.63.